The van der Waals surface area contributed by atoms with Crippen molar-refractivity contribution in [1.29, 1.82) is 5.26 Å². The third-order valence-corrected chi connectivity index (χ3v) is 11.2. The van der Waals surface area contributed by atoms with Crippen LogP contribution in [0, 0.1) is 17.1 Å². The van der Waals surface area contributed by atoms with E-state index in [4.69, 9.17) is 25.2 Å². The van der Waals surface area contributed by atoms with Crippen molar-refractivity contribution < 1.29 is 23.0 Å². The lowest BCUT2D eigenvalue weighted by Crippen LogP contribution is -2.44. The molecule has 4 aliphatic heterocycles. The number of benzene rings is 1. The molecule has 49 heavy (non-hydrogen) atoms. The maximum Gasteiger partial charge on any atom is 0.318 e. The van der Waals surface area contributed by atoms with Gasteiger partial charge in [-0.1, -0.05) is 6.07 Å². The van der Waals surface area contributed by atoms with Gasteiger partial charge in [0, 0.05) is 63.4 Å². The molecule has 3 aromatic rings. The summed E-state index contributed by atoms with van der Waals surface area (Å²) in [4.78, 5) is 28.1. The Morgan fingerprint density at radius 3 is 2.88 bits per heavy atom. The van der Waals surface area contributed by atoms with Crippen molar-refractivity contribution >= 4 is 17.4 Å². The molecule has 8 rings (SSSR count). The number of rotatable bonds is 5. The highest BCUT2D eigenvalue weighted by Crippen LogP contribution is 2.48. The zero-order chi connectivity index (χ0) is 34.1. The van der Waals surface area contributed by atoms with E-state index in [0.717, 1.165) is 54.6 Å². The molecule has 1 aliphatic carbocycles. The summed E-state index contributed by atoms with van der Waals surface area (Å²) >= 11 is 0. The number of hydrogen-bond donors (Lipinski definition) is 1. The van der Waals surface area contributed by atoms with Gasteiger partial charge in [-0.05, 0) is 56.7 Å². The molecule has 14 heteroatoms. The smallest absolute Gasteiger partial charge is 0.318 e. The second-order valence-corrected chi connectivity index (χ2v) is 14.4. The molecule has 2 N–H and O–H groups in total. The first-order valence-corrected chi connectivity index (χ1v) is 17.2. The Labute approximate surface area is 283 Å². The van der Waals surface area contributed by atoms with Gasteiger partial charge in [0.1, 0.15) is 30.3 Å². The molecule has 1 amide bonds. The fourth-order valence-electron chi connectivity index (χ4n) is 8.83. The van der Waals surface area contributed by atoms with E-state index in [2.05, 4.69) is 16.1 Å². The Kier molecular flexibility index (Phi) is 7.75. The quantitative estimate of drug-likeness (QED) is 0.400. The van der Waals surface area contributed by atoms with Crippen LogP contribution in [0.3, 0.4) is 0 Å². The summed E-state index contributed by atoms with van der Waals surface area (Å²) in [7, 11) is 3.14. The average molecular weight is 674 g/mol. The normalized spacial score (nSPS) is 26.0. The van der Waals surface area contributed by atoms with E-state index in [1.807, 2.05) is 11.0 Å². The van der Waals surface area contributed by atoms with Crippen LogP contribution in [-0.2, 0) is 42.9 Å². The number of nitriles is 1. The first-order chi connectivity index (χ1) is 23.6. The fraction of sp³-hybridized carbons (Fsp3) is 0.571. The predicted molar refractivity (Wildman–Crippen MR) is 175 cm³/mol. The summed E-state index contributed by atoms with van der Waals surface area (Å²) in [5.41, 5.74) is 9.48. The van der Waals surface area contributed by atoms with Crippen LogP contribution in [0.4, 0.5) is 20.3 Å². The molecule has 6 heterocycles. The minimum Gasteiger partial charge on any atom is -0.461 e. The molecule has 0 unspecified atom stereocenters. The second-order valence-electron chi connectivity index (χ2n) is 14.4. The van der Waals surface area contributed by atoms with Crippen molar-refractivity contribution in [1.82, 2.24) is 29.5 Å². The van der Waals surface area contributed by atoms with Crippen molar-refractivity contribution in [2.75, 3.05) is 51.0 Å². The van der Waals surface area contributed by atoms with Gasteiger partial charge in [-0.15, -0.1) is 0 Å². The largest absolute Gasteiger partial charge is 0.461 e. The molecule has 258 valence electrons. The van der Waals surface area contributed by atoms with Crippen LogP contribution >= 0.6 is 0 Å². The highest BCUT2D eigenvalue weighted by Gasteiger charge is 2.50. The molecule has 12 nitrogen and oxygen atoms in total. The number of alkyl halides is 1. The molecule has 2 saturated heterocycles. The molecule has 2 aromatic heterocycles. The van der Waals surface area contributed by atoms with Gasteiger partial charge in [0.15, 0.2) is 11.5 Å². The summed E-state index contributed by atoms with van der Waals surface area (Å²) < 4.78 is 45.2. The number of halogens is 2. The Morgan fingerprint density at radius 2 is 2.06 bits per heavy atom. The van der Waals surface area contributed by atoms with E-state index in [9.17, 15) is 14.4 Å². The van der Waals surface area contributed by atoms with E-state index >= 15 is 4.39 Å². The van der Waals surface area contributed by atoms with Crippen molar-refractivity contribution in [3.05, 3.63) is 57.3 Å². The van der Waals surface area contributed by atoms with Crippen molar-refractivity contribution in [2.45, 2.75) is 88.4 Å². The number of nitrogens with two attached hydrogens (primary N) is 1. The molecular formula is C35H41F2N9O3. The molecule has 5 aliphatic rings. The Bertz CT molecular complexity index is 1880. The molecule has 0 bridgehead atoms. The lowest BCUT2D eigenvalue weighted by Gasteiger charge is -2.43. The predicted octanol–water partition coefficient (Wildman–Crippen LogP) is 3.64. The van der Waals surface area contributed by atoms with Gasteiger partial charge in [-0.25, -0.2) is 8.78 Å². The van der Waals surface area contributed by atoms with Gasteiger partial charge < -0.3 is 25.0 Å². The molecule has 2 fully saturated rings. The van der Waals surface area contributed by atoms with E-state index < -0.39 is 29.0 Å². The monoisotopic (exact) mass is 673 g/mol. The molecule has 1 aromatic carbocycles. The van der Waals surface area contributed by atoms with Crippen LogP contribution in [0.25, 0.3) is 0 Å². The van der Waals surface area contributed by atoms with E-state index in [-0.39, 0.29) is 31.5 Å². The first-order valence-electron chi connectivity index (χ1n) is 17.2. The number of ether oxygens (including phenoxy) is 2. The van der Waals surface area contributed by atoms with Crippen LogP contribution in [-0.4, -0.2) is 87.5 Å². The zero-order valence-electron chi connectivity index (χ0n) is 28.0. The lowest BCUT2D eigenvalue weighted by molar-refractivity contribution is -0.0857. The number of carbonyl (C=O) groups excluding carboxylic acids is 1. The van der Waals surface area contributed by atoms with Gasteiger partial charge in [0.05, 0.1) is 35.6 Å². The number of anilines is 2. The number of nitrogen functional groups attached to an aromatic ring is 1. The Balaban J connectivity index is 1.19. The number of aromatic nitrogens is 4. The highest BCUT2D eigenvalue weighted by molar-refractivity contribution is 5.92. The molecule has 0 radical (unpaired) electrons. The minimum atomic E-state index is -0.893. The number of carbonyl (C=O) groups is 1. The van der Waals surface area contributed by atoms with Crippen LogP contribution in [0.5, 0.6) is 6.01 Å². The topological polar surface area (TPSA) is 139 Å². The summed E-state index contributed by atoms with van der Waals surface area (Å²) in [5, 5.41) is 14.5. The van der Waals surface area contributed by atoms with Crippen molar-refractivity contribution in [2.24, 2.45) is 0 Å². The number of fused-ring (bicyclic) bond motifs is 5. The SMILES string of the molecule is CN(C)C(=O)c1nn2c(c1F)CN(c1nc(OC[C@@]34CCCN3C[C@H](F)C4)nc3c1CO[C@@]1(CCCc4ccc(N)c(C#N)c41)C3)CCC2. The van der Waals surface area contributed by atoms with Crippen LogP contribution < -0.4 is 15.4 Å². The summed E-state index contributed by atoms with van der Waals surface area (Å²) in [5.74, 6) is -0.557. The zero-order valence-corrected chi connectivity index (χ0v) is 28.0. The Morgan fingerprint density at radius 1 is 1.20 bits per heavy atom. The van der Waals surface area contributed by atoms with Gasteiger partial charge >= 0.3 is 6.01 Å². The highest BCUT2D eigenvalue weighted by atomic mass is 19.1. The third kappa shape index (κ3) is 5.20. The van der Waals surface area contributed by atoms with E-state index in [1.165, 1.54) is 4.90 Å². The minimum absolute atomic E-state index is 0.132. The maximum absolute atomic E-state index is 15.8. The summed E-state index contributed by atoms with van der Waals surface area (Å²) in [6.45, 7) is 2.82. The molecular weight excluding hydrogens is 632 g/mol. The summed E-state index contributed by atoms with van der Waals surface area (Å²) in [6.07, 6.45) is 4.77. The lowest BCUT2D eigenvalue weighted by atomic mass is 9.72. The fourth-order valence-corrected chi connectivity index (χ4v) is 8.83. The van der Waals surface area contributed by atoms with Crippen LogP contribution in [0.15, 0.2) is 12.1 Å². The van der Waals surface area contributed by atoms with Crippen LogP contribution in [0.1, 0.15) is 82.7 Å². The van der Waals surface area contributed by atoms with Gasteiger partial charge in [0.2, 0.25) is 0 Å². The van der Waals surface area contributed by atoms with Gasteiger partial charge in [-0.3, -0.25) is 14.4 Å². The van der Waals surface area contributed by atoms with Gasteiger partial charge in [-0.2, -0.15) is 20.3 Å². The first kappa shape index (κ1) is 31.9. The number of nitrogens with zero attached hydrogens (tertiary/aromatic N) is 8. The maximum atomic E-state index is 15.8. The van der Waals surface area contributed by atoms with Gasteiger partial charge in [0.25, 0.3) is 5.91 Å². The average Bonchev–Trinajstić information content (AvgIpc) is 3.65. The number of hydrogen-bond acceptors (Lipinski definition) is 10. The van der Waals surface area contributed by atoms with Crippen molar-refractivity contribution in [3.8, 4) is 12.1 Å². The molecule has 3 atom stereocenters. The number of amides is 1. The van der Waals surface area contributed by atoms with Crippen molar-refractivity contribution in [3.63, 3.8) is 0 Å². The van der Waals surface area contributed by atoms with Crippen LogP contribution in [0.2, 0.25) is 0 Å². The van der Waals surface area contributed by atoms with E-state index in [0.29, 0.717) is 68.1 Å². The molecule has 1 spiro atoms. The summed E-state index contributed by atoms with van der Waals surface area (Å²) in [6, 6.07) is 6.29. The standard InChI is InChI=1S/C35H41F2N9O3/c1-43(2)32(47)30-29(37)27-18-44(11-5-13-46(27)42-30)31-24-19-49-35(10-3-6-21-7-8-25(39)23(16-38)28(21)35)15-26(24)40-33(41-31)48-20-34-9-4-12-45(34)17-22(36)14-34/h7-8,22H,3-6,9-15,17-20,39H2,1-2H3/t22-,34+,35+/m1/s1. The third-order valence-electron chi connectivity index (χ3n) is 11.2. The molecule has 0 saturated carbocycles. The number of aryl methyl sites for hydroxylation is 2. The Hall–Kier alpha value is -4.35. The van der Waals surface area contributed by atoms with E-state index in [1.54, 1.807) is 24.8 Å². The second kappa shape index (κ2) is 11.9.